The van der Waals surface area contributed by atoms with Crippen molar-refractivity contribution in [2.45, 2.75) is 6.54 Å². The van der Waals surface area contributed by atoms with Gasteiger partial charge in [-0.3, -0.25) is 9.59 Å². The number of hydrogen-bond donors (Lipinski definition) is 3. The third-order valence-corrected chi connectivity index (χ3v) is 3.10. The first-order valence-electron chi connectivity index (χ1n) is 7.19. The van der Waals surface area contributed by atoms with E-state index in [-0.39, 0.29) is 5.91 Å². The molecule has 0 atom stereocenters. The van der Waals surface area contributed by atoms with Crippen LogP contribution >= 0.6 is 0 Å². The molecule has 0 saturated carbocycles. The summed E-state index contributed by atoms with van der Waals surface area (Å²) in [6.45, 7) is 0.362. The quantitative estimate of drug-likeness (QED) is 0.710. The van der Waals surface area contributed by atoms with Crippen LogP contribution in [0.25, 0.3) is 0 Å². The highest BCUT2D eigenvalue weighted by atomic mass is 16.4. The number of aliphatic carboxylic acids is 1. The fraction of sp³-hybridized carbons (Fsp3) is 0.0556. The molecule has 24 heavy (non-hydrogen) atoms. The normalized spacial score (nSPS) is 10.3. The largest absolute Gasteiger partial charge is 0.478 e. The van der Waals surface area contributed by atoms with Gasteiger partial charge in [-0.1, -0.05) is 42.5 Å². The van der Waals surface area contributed by atoms with Crippen LogP contribution in [0.15, 0.2) is 66.7 Å². The van der Waals surface area contributed by atoms with Gasteiger partial charge in [0.1, 0.15) is 0 Å². The molecule has 0 aliphatic carbocycles. The smallest absolute Gasteiger partial charge is 0.328 e. The fourth-order valence-electron chi connectivity index (χ4n) is 1.98. The number of carbonyl (C=O) groups excluding carboxylic acids is 2. The Labute approximate surface area is 138 Å². The summed E-state index contributed by atoms with van der Waals surface area (Å²) in [5.74, 6) is -2.18. The third kappa shape index (κ3) is 5.10. The first-order valence-corrected chi connectivity index (χ1v) is 7.19. The van der Waals surface area contributed by atoms with E-state index in [2.05, 4.69) is 10.6 Å². The minimum Gasteiger partial charge on any atom is -0.478 e. The van der Waals surface area contributed by atoms with Gasteiger partial charge >= 0.3 is 5.97 Å². The van der Waals surface area contributed by atoms with E-state index in [4.69, 9.17) is 5.11 Å². The van der Waals surface area contributed by atoms with E-state index < -0.39 is 11.9 Å². The summed E-state index contributed by atoms with van der Waals surface area (Å²) in [4.78, 5) is 34.4. The molecule has 3 N–H and O–H groups in total. The number of carboxylic acid groups (broad SMARTS) is 1. The Balaban J connectivity index is 2.06. The second-order valence-corrected chi connectivity index (χ2v) is 4.87. The fourth-order valence-corrected chi connectivity index (χ4v) is 1.98. The van der Waals surface area contributed by atoms with Crippen LogP contribution in [0.3, 0.4) is 0 Å². The number of nitrogens with one attached hydrogen (secondary N) is 2. The molecular formula is C18H16N2O4. The summed E-state index contributed by atoms with van der Waals surface area (Å²) >= 11 is 0. The third-order valence-electron chi connectivity index (χ3n) is 3.10. The van der Waals surface area contributed by atoms with Gasteiger partial charge in [-0.15, -0.1) is 0 Å². The number of para-hydroxylation sites is 1. The van der Waals surface area contributed by atoms with E-state index in [1.807, 2.05) is 30.3 Å². The van der Waals surface area contributed by atoms with E-state index >= 15 is 0 Å². The van der Waals surface area contributed by atoms with Gasteiger partial charge in [0.15, 0.2) is 0 Å². The maximum Gasteiger partial charge on any atom is 0.328 e. The van der Waals surface area contributed by atoms with E-state index in [0.717, 1.165) is 17.7 Å². The number of carbonyl (C=O) groups is 3. The topological polar surface area (TPSA) is 95.5 Å². The molecule has 6 heteroatoms. The van der Waals surface area contributed by atoms with Crippen molar-refractivity contribution in [3.8, 4) is 0 Å². The molecule has 0 radical (unpaired) electrons. The number of anilines is 1. The zero-order chi connectivity index (χ0) is 17.4. The van der Waals surface area contributed by atoms with E-state index in [9.17, 15) is 14.4 Å². The molecule has 2 amide bonds. The van der Waals surface area contributed by atoms with Crippen LogP contribution in [0.2, 0.25) is 0 Å². The predicted octanol–water partition coefficient (Wildman–Crippen LogP) is 2.20. The van der Waals surface area contributed by atoms with Crippen LogP contribution in [0.5, 0.6) is 0 Å². The monoisotopic (exact) mass is 324 g/mol. The Hall–Kier alpha value is -3.41. The highest BCUT2D eigenvalue weighted by Gasteiger charge is 2.12. The van der Waals surface area contributed by atoms with Gasteiger partial charge in [0.2, 0.25) is 5.91 Å². The van der Waals surface area contributed by atoms with Crippen molar-refractivity contribution in [3.05, 3.63) is 77.9 Å². The summed E-state index contributed by atoms with van der Waals surface area (Å²) in [5, 5.41) is 13.8. The summed E-state index contributed by atoms with van der Waals surface area (Å²) < 4.78 is 0. The Morgan fingerprint density at radius 3 is 2.29 bits per heavy atom. The van der Waals surface area contributed by atoms with Crippen LogP contribution in [-0.4, -0.2) is 22.9 Å². The molecule has 122 valence electrons. The molecule has 2 aromatic rings. The molecule has 0 unspecified atom stereocenters. The maximum atomic E-state index is 12.3. The van der Waals surface area contributed by atoms with Crippen molar-refractivity contribution in [3.63, 3.8) is 0 Å². The van der Waals surface area contributed by atoms with Gasteiger partial charge in [-0.25, -0.2) is 4.79 Å². The van der Waals surface area contributed by atoms with E-state index in [1.54, 1.807) is 24.3 Å². The van der Waals surface area contributed by atoms with Crippen LogP contribution in [0.4, 0.5) is 5.69 Å². The Kier molecular flexibility index (Phi) is 5.85. The second-order valence-electron chi connectivity index (χ2n) is 4.87. The summed E-state index contributed by atoms with van der Waals surface area (Å²) in [6.07, 6.45) is 1.62. The minimum absolute atomic E-state index is 0.297. The molecular weight excluding hydrogens is 308 g/mol. The highest BCUT2D eigenvalue weighted by Crippen LogP contribution is 2.15. The molecule has 0 aromatic heterocycles. The Morgan fingerprint density at radius 1 is 0.917 bits per heavy atom. The Bertz CT molecular complexity index is 770. The van der Waals surface area contributed by atoms with E-state index in [1.165, 1.54) is 0 Å². The number of rotatable bonds is 6. The Morgan fingerprint density at radius 2 is 1.58 bits per heavy atom. The average molecular weight is 324 g/mol. The zero-order valence-electron chi connectivity index (χ0n) is 12.7. The highest BCUT2D eigenvalue weighted by molar-refractivity contribution is 6.07. The molecule has 6 nitrogen and oxygen atoms in total. The lowest BCUT2D eigenvalue weighted by atomic mass is 10.1. The van der Waals surface area contributed by atoms with Gasteiger partial charge in [0, 0.05) is 18.7 Å². The van der Waals surface area contributed by atoms with Crippen LogP contribution in [0, 0.1) is 0 Å². The lowest BCUT2D eigenvalue weighted by Crippen LogP contribution is -2.24. The van der Waals surface area contributed by atoms with Gasteiger partial charge in [-0.2, -0.15) is 0 Å². The predicted molar refractivity (Wildman–Crippen MR) is 89.5 cm³/mol. The standard InChI is InChI=1S/C18H16N2O4/c21-16(10-11-17(22)23)20-15-9-5-4-8-14(15)18(24)19-12-13-6-2-1-3-7-13/h1-11H,12H2,(H,19,24)(H,20,21)(H,22,23)/b11-10+. The number of amides is 2. The summed E-state index contributed by atoms with van der Waals surface area (Å²) in [6, 6.07) is 15.9. The van der Waals surface area contributed by atoms with E-state index in [0.29, 0.717) is 17.8 Å². The van der Waals surface area contributed by atoms with Gasteiger partial charge in [0.25, 0.3) is 5.91 Å². The maximum absolute atomic E-state index is 12.3. The van der Waals surface area contributed by atoms with Crippen molar-refractivity contribution in [2.24, 2.45) is 0 Å². The van der Waals surface area contributed by atoms with Crippen molar-refractivity contribution in [1.29, 1.82) is 0 Å². The molecule has 0 saturated heterocycles. The number of benzene rings is 2. The first-order chi connectivity index (χ1) is 11.6. The molecule has 0 spiro atoms. The summed E-state index contributed by atoms with van der Waals surface area (Å²) in [7, 11) is 0. The number of hydrogen-bond acceptors (Lipinski definition) is 3. The zero-order valence-corrected chi connectivity index (χ0v) is 12.7. The summed E-state index contributed by atoms with van der Waals surface area (Å²) in [5.41, 5.74) is 1.56. The molecule has 0 fully saturated rings. The minimum atomic E-state index is -1.22. The molecule has 0 aliphatic heterocycles. The SMILES string of the molecule is O=C(O)/C=C/C(=O)Nc1ccccc1C(=O)NCc1ccccc1. The number of carboxylic acids is 1. The van der Waals surface area contributed by atoms with Crippen molar-refractivity contribution in [1.82, 2.24) is 5.32 Å². The van der Waals surface area contributed by atoms with Crippen molar-refractivity contribution < 1.29 is 19.5 Å². The first kappa shape index (κ1) is 17.0. The van der Waals surface area contributed by atoms with Crippen molar-refractivity contribution >= 4 is 23.5 Å². The average Bonchev–Trinajstić information content (AvgIpc) is 2.59. The van der Waals surface area contributed by atoms with Crippen LogP contribution in [0.1, 0.15) is 15.9 Å². The molecule has 0 heterocycles. The van der Waals surface area contributed by atoms with Gasteiger partial charge in [-0.05, 0) is 17.7 Å². The molecule has 0 aliphatic rings. The van der Waals surface area contributed by atoms with Gasteiger partial charge in [0.05, 0.1) is 11.3 Å². The molecule has 0 bridgehead atoms. The van der Waals surface area contributed by atoms with Crippen molar-refractivity contribution in [2.75, 3.05) is 5.32 Å². The van der Waals surface area contributed by atoms with Crippen LogP contribution < -0.4 is 10.6 Å². The van der Waals surface area contributed by atoms with Crippen LogP contribution in [-0.2, 0) is 16.1 Å². The molecule has 2 rings (SSSR count). The second kappa shape index (κ2) is 8.28. The lowest BCUT2D eigenvalue weighted by Gasteiger charge is -2.10. The van der Waals surface area contributed by atoms with Gasteiger partial charge < -0.3 is 15.7 Å². The lowest BCUT2D eigenvalue weighted by molar-refractivity contribution is -0.131. The molecule has 2 aromatic carbocycles.